The smallest absolute Gasteiger partial charge is 0.270 e. The minimum absolute atomic E-state index is 0. The summed E-state index contributed by atoms with van der Waals surface area (Å²) < 4.78 is 0. The fourth-order valence-corrected chi connectivity index (χ4v) is 3.86. The van der Waals surface area contributed by atoms with Crippen molar-refractivity contribution in [2.24, 2.45) is 17.6 Å². The van der Waals surface area contributed by atoms with Crippen LogP contribution in [-0.2, 0) is 0 Å². The van der Waals surface area contributed by atoms with Gasteiger partial charge in [-0.25, -0.2) is 0 Å². The number of likely N-dealkylation sites (tertiary alicyclic amines) is 1. The number of halogens is 1. The van der Waals surface area contributed by atoms with Crippen LogP contribution in [0, 0.1) is 28.9 Å². The Hall–Kier alpha value is -1.66. The standard InChI is InChI=1S/C16H21N3O3.ClH/c1-10-5-12(7-13(6-10)19(21)22)16(20)18-8-11-3-2-4-15(17)14(11)9-18;/h5-7,11,14-15H,2-4,8-9,17H2,1H3;1H. The molecule has 1 heterocycles. The quantitative estimate of drug-likeness (QED) is 0.662. The molecule has 3 unspecified atom stereocenters. The van der Waals surface area contributed by atoms with Gasteiger partial charge in [-0.15, -0.1) is 12.4 Å². The van der Waals surface area contributed by atoms with E-state index in [4.69, 9.17) is 5.73 Å². The van der Waals surface area contributed by atoms with Crippen LogP contribution < -0.4 is 5.73 Å². The Kier molecular flexibility index (Phi) is 5.26. The lowest BCUT2D eigenvalue weighted by Gasteiger charge is -2.29. The Labute approximate surface area is 141 Å². The molecule has 1 saturated heterocycles. The van der Waals surface area contributed by atoms with Crippen LogP contribution in [0.25, 0.3) is 0 Å². The Balaban J connectivity index is 0.00000192. The summed E-state index contributed by atoms with van der Waals surface area (Å²) in [6, 6.07) is 4.74. The topological polar surface area (TPSA) is 89.5 Å². The zero-order valence-electron chi connectivity index (χ0n) is 13.1. The third-order valence-corrected chi connectivity index (χ3v) is 4.96. The van der Waals surface area contributed by atoms with Crippen LogP contribution in [-0.4, -0.2) is 34.9 Å². The van der Waals surface area contributed by atoms with E-state index in [1.165, 1.54) is 12.1 Å². The Bertz CT molecular complexity index is 623. The molecule has 23 heavy (non-hydrogen) atoms. The molecule has 1 amide bonds. The van der Waals surface area contributed by atoms with Crippen molar-refractivity contribution in [3.63, 3.8) is 0 Å². The van der Waals surface area contributed by atoms with Crippen LogP contribution in [0.4, 0.5) is 5.69 Å². The average Bonchev–Trinajstić information content (AvgIpc) is 2.91. The summed E-state index contributed by atoms with van der Waals surface area (Å²) in [6.07, 6.45) is 3.27. The minimum Gasteiger partial charge on any atom is -0.338 e. The number of rotatable bonds is 2. The maximum absolute atomic E-state index is 12.7. The van der Waals surface area contributed by atoms with Crippen molar-refractivity contribution in [3.8, 4) is 0 Å². The van der Waals surface area contributed by atoms with Gasteiger partial charge in [-0.1, -0.05) is 6.42 Å². The monoisotopic (exact) mass is 339 g/mol. The molecule has 1 aromatic carbocycles. The van der Waals surface area contributed by atoms with Crippen LogP contribution in [0.3, 0.4) is 0 Å². The number of carbonyl (C=O) groups excluding carboxylic acids is 1. The molecule has 0 spiro atoms. The van der Waals surface area contributed by atoms with E-state index in [-0.39, 0.29) is 30.0 Å². The molecule has 1 saturated carbocycles. The molecule has 2 fully saturated rings. The van der Waals surface area contributed by atoms with Crippen LogP contribution >= 0.6 is 12.4 Å². The first-order valence-electron chi connectivity index (χ1n) is 7.76. The van der Waals surface area contributed by atoms with Crippen LogP contribution in [0.15, 0.2) is 18.2 Å². The van der Waals surface area contributed by atoms with Crippen molar-refractivity contribution < 1.29 is 9.72 Å². The molecule has 6 nitrogen and oxygen atoms in total. The molecule has 1 aliphatic carbocycles. The molecule has 3 atom stereocenters. The SMILES string of the molecule is Cc1cc(C(=O)N2CC3CCCC(N)C3C2)cc([N+](=O)[O-])c1.Cl. The number of amides is 1. The van der Waals surface area contributed by atoms with E-state index in [1.54, 1.807) is 13.0 Å². The van der Waals surface area contributed by atoms with E-state index in [1.807, 2.05) is 4.90 Å². The van der Waals surface area contributed by atoms with Crippen molar-refractivity contribution in [2.45, 2.75) is 32.2 Å². The molecular formula is C16H22ClN3O3. The van der Waals surface area contributed by atoms with Gasteiger partial charge >= 0.3 is 0 Å². The van der Waals surface area contributed by atoms with Crippen molar-refractivity contribution >= 4 is 24.0 Å². The first-order valence-corrected chi connectivity index (χ1v) is 7.76. The van der Waals surface area contributed by atoms with Crippen LogP contribution in [0.1, 0.15) is 35.2 Å². The van der Waals surface area contributed by atoms with Gasteiger partial charge in [-0.3, -0.25) is 14.9 Å². The second-order valence-electron chi connectivity index (χ2n) is 6.54. The summed E-state index contributed by atoms with van der Waals surface area (Å²) in [5.74, 6) is 0.735. The molecule has 0 radical (unpaired) electrons. The van der Waals surface area contributed by atoms with E-state index in [9.17, 15) is 14.9 Å². The van der Waals surface area contributed by atoms with Crippen molar-refractivity contribution in [2.75, 3.05) is 13.1 Å². The maximum atomic E-state index is 12.7. The van der Waals surface area contributed by atoms with E-state index < -0.39 is 4.92 Å². The Morgan fingerprint density at radius 1 is 1.30 bits per heavy atom. The second-order valence-corrected chi connectivity index (χ2v) is 6.54. The number of nitrogens with zero attached hydrogens (tertiary/aromatic N) is 2. The third kappa shape index (κ3) is 3.48. The number of nitro benzene ring substituents is 1. The molecule has 0 aromatic heterocycles. The lowest BCUT2D eigenvalue weighted by atomic mass is 9.78. The molecule has 1 aromatic rings. The number of hydrogen-bond donors (Lipinski definition) is 1. The number of nitro groups is 1. The molecule has 7 heteroatoms. The predicted molar refractivity (Wildman–Crippen MR) is 89.8 cm³/mol. The molecule has 3 rings (SSSR count). The predicted octanol–water partition coefficient (Wildman–Crippen LogP) is 2.52. The highest BCUT2D eigenvalue weighted by molar-refractivity contribution is 5.95. The van der Waals surface area contributed by atoms with E-state index in [2.05, 4.69) is 0 Å². The fraction of sp³-hybridized carbons (Fsp3) is 0.562. The van der Waals surface area contributed by atoms with Gasteiger partial charge in [0.15, 0.2) is 0 Å². The van der Waals surface area contributed by atoms with E-state index in [0.29, 0.717) is 23.9 Å². The molecule has 2 N–H and O–H groups in total. The summed E-state index contributed by atoms with van der Waals surface area (Å²) in [5, 5.41) is 11.0. The lowest BCUT2D eigenvalue weighted by Crippen LogP contribution is -2.38. The zero-order valence-corrected chi connectivity index (χ0v) is 13.9. The molecule has 126 valence electrons. The van der Waals surface area contributed by atoms with Crippen LogP contribution in [0.5, 0.6) is 0 Å². The average molecular weight is 340 g/mol. The van der Waals surface area contributed by atoms with Gasteiger partial charge in [0.2, 0.25) is 0 Å². The number of carbonyl (C=O) groups is 1. The van der Waals surface area contributed by atoms with E-state index >= 15 is 0 Å². The lowest BCUT2D eigenvalue weighted by molar-refractivity contribution is -0.384. The first kappa shape index (κ1) is 17.7. The van der Waals surface area contributed by atoms with Gasteiger partial charge in [-0.05, 0) is 43.2 Å². The number of fused-ring (bicyclic) bond motifs is 1. The summed E-state index contributed by atoms with van der Waals surface area (Å²) >= 11 is 0. The van der Waals surface area contributed by atoms with Gasteiger partial charge in [-0.2, -0.15) is 0 Å². The minimum atomic E-state index is -0.455. The van der Waals surface area contributed by atoms with Gasteiger partial charge in [0.25, 0.3) is 11.6 Å². The number of hydrogen-bond acceptors (Lipinski definition) is 4. The highest BCUT2D eigenvalue weighted by Gasteiger charge is 2.40. The van der Waals surface area contributed by atoms with Crippen molar-refractivity contribution in [3.05, 3.63) is 39.4 Å². The highest BCUT2D eigenvalue weighted by Crippen LogP contribution is 2.36. The number of nitrogens with two attached hydrogens (primary N) is 1. The van der Waals surface area contributed by atoms with Crippen molar-refractivity contribution in [1.82, 2.24) is 4.90 Å². The second kappa shape index (κ2) is 6.84. The normalized spacial score (nSPS) is 26.3. The summed E-state index contributed by atoms with van der Waals surface area (Å²) in [7, 11) is 0. The Morgan fingerprint density at radius 2 is 2.04 bits per heavy atom. The number of benzene rings is 1. The van der Waals surface area contributed by atoms with Gasteiger partial charge in [0, 0.05) is 36.8 Å². The van der Waals surface area contributed by atoms with Gasteiger partial charge in [0.1, 0.15) is 0 Å². The van der Waals surface area contributed by atoms with Gasteiger partial charge < -0.3 is 10.6 Å². The number of non-ortho nitro benzene ring substituents is 1. The first-order chi connectivity index (χ1) is 10.5. The molecule has 0 bridgehead atoms. The summed E-state index contributed by atoms with van der Waals surface area (Å²) in [6.45, 7) is 3.16. The van der Waals surface area contributed by atoms with Gasteiger partial charge in [0.05, 0.1) is 4.92 Å². The maximum Gasteiger partial charge on any atom is 0.270 e. The molecule has 2 aliphatic rings. The number of aryl methyl sites for hydroxylation is 1. The summed E-state index contributed by atoms with van der Waals surface area (Å²) in [5.41, 5.74) is 7.28. The van der Waals surface area contributed by atoms with Crippen molar-refractivity contribution in [1.29, 1.82) is 0 Å². The fourth-order valence-electron chi connectivity index (χ4n) is 3.86. The summed E-state index contributed by atoms with van der Waals surface area (Å²) in [4.78, 5) is 25.0. The van der Waals surface area contributed by atoms with Crippen LogP contribution in [0.2, 0.25) is 0 Å². The molecular weight excluding hydrogens is 318 g/mol. The largest absolute Gasteiger partial charge is 0.338 e. The zero-order chi connectivity index (χ0) is 15.9. The highest BCUT2D eigenvalue weighted by atomic mass is 35.5. The molecule has 1 aliphatic heterocycles. The third-order valence-electron chi connectivity index (χ3n) is 4.96. The Morgan fingerprint density at radius 3 is 2.70 bits per heavy atom. The van der Waals surface area contributed by atoms with E-state index in [0.717, 1.165) is 31.4 Å².